The molecular weight excluding hydrogens is 388 g/mol. The number of amides is 1. The van der Waals surface area contributed by atoms with Gasteiger partial charge in [-0.2, -0.15) is 4.72 Å². The Bertz CT molecular complexity index is 957. The highest BCUT2D eigenvalue weighted by Gasteiger charge is 2.35. The van der Waals surface area contributed by atoms with Crippen molar-refractivity contribution in [2.75, 3.05) is 36.4 Å². The summed E-state index contributed by atoms with van der Waals surface area (Å²) in [6.07, 6.45) is -0.994. The number of para-hydroxylation sites is 1. The zero-order valence-electron chi connectivity index (χ0n) is 14.4. The molecule has 2 heterocycles. The van der Waals surface area contributed by atoms with Crippen LogP contribution in [0.3, 0.4) is 0 Å². The minimum atomic E-state index is -3.72. The zero-order chi connectivity index (χ0) is 19.0. The molecule has 2 N–H and O–H groups in total. The molecule has 2 aromatic carbocycles. The molecule has 2 aliphatic rings. The number of hydrogen-bond donors (Lipinski definition) is 2. The van der Waals surface area contributed by atoms with Crippen LogP contribution in [-0.2, 0) is 14.8 Å². The maximum atomic E-state index is 12.8. The van der Waals surface area contributed by atoms with Crippen LogP contribution in [0.4, 0.5) is 11.4 Å². The number of halogens is 1. The number of fused-ring (bicyclic) bond motifs is 1. The topological polar surface area (TPSA) is 81.7 Å². The summed E-state index contributed by atoms with van der Waals surface area (Å²) in [7, 11) is -3.72. The van der Waals surface area contributed by atoms with Crippen LogP contribution in [0.25, 0.3) is 0 Å². The van der Waals surface area contributed by atoms with Gasteiger partial charge in [0, 0.05) is 36.9 Å². The lowest BCUT2D eigenvalue weighted by atomic mass is 10.2. The van der Waals surface area contributed by atoms with Gasteiger partial charge in [0.2, 0.25) is 10.0 Å². The van der Waals surface area contributed by atoms with Gasteiger partial charge in [0.1, 0.15) is 4.90 Å². The molecule has 1 amide bonds. The molecule has 4 rings (SSSR count). The Kier molecular flexibility index (Phi) is 4.71. The van der Waals surface area contributed by atoms with E-state index in [9.17, 15) is 13.2 Å². The fraction of sp³-hybridized carbons (Fsp3) is 0.278. The van der Waals surface area contributed by atoms with E-state index in [-0.39, 0.29) is 10.8 Å². The van der Waals surface area contributed by atoms with Crippen molar-refractivity contribution in [3.63, 3.8) is 0 Å². The molecule has 9 heteroatoms. The first-order chi connectivity index (χ1) is 12.9. The van der Waals surface area contributed by atoms with Crippen molar-refractivity contribution >= 4 is 38.9 Å². The van der Waals surface area contributed by atoms with Gasteiger partial charge < -0.3 is 15.1 Å². The molecule has 27 heavy (non-hydrogen) atoms. The maximum Gasteiger partial charge on any atom is 0.261 e. The van der Waals surface area contributed by atoms with Gasteiger partial charge in [0.05, 0.1) is 5.69 Å². The Labute approximate surface area is 163 Å². The number of nitrogens with zero attached hydrogens (tertiary/aromatic N) is 2. The quantitative estimate of drug-likeness (QED) is 0.793. The van der Waals surface area contributed by atoms with Gasteiger partial charge in [-0.05, 0) is 36.4 Å². The Morgan fingerprint density at radius 2 is 1.67 bits per heavy atom. The summed E-state index contributed by atoms with van der Waals surface area (Å²) in [5.41, 5.74) is 1.49. The van der Waals surface area contributed by atoms with Crippen molar-refractivity contribution in [3.05, 3.63) is 53.6 Å². The summed E-state index contributed by atoms with van der Waals surface area (Å²) in [5.74, 6) is -0.274. The largest absolute Gasteiger partial charge is 0.368 e. The first-order valence-electron chi connectivity index (χ1n) is 8.61. The average Bonchev–Trinajstić information content (AvgIpc) is 2.68. The SMILES string of the molecule is O=C(C1Nc2ccccc2S(=O)(=O)N1)N1CCN(c2ccc(Cl)cc2)CC1. The molecule has 1 atom stereocenters. The van der Waals surface area contributed by atoms with E-state index in [1.807, 2.05) is 24.3 Å². The van der Waals surface area contributed by atoms with Crippen molar-refractivity contribution in [3.8, 4) is 0 Å². The molecule has 1 saturated heterocycles. The lowest BCUT2D eigenvalue weighted by Crippen LogP contribution is -2.58. The molecule has 2 aromatic rings. The van der Waals surface area contributed by atoms with Crippen LogP contribution in [0.1, 0.15) is 0 Å². The molecule has 0 spiro atoms. The molecule has 7 nitrogen and oxygen atoms in total. The maximum absolute atomic E-state index is 12.8. The smallest absolute Gasteiger partial charge is 0.261 e. The van der Waals surface area contributed by atoms with Gasteiger partial charge in [0.25, 0.3) is 5.91 Å². The molecule has 0 radical (unpaired) electrons. The van der Waals surface area contributed by atoms with Crippen molar-refractivity contribution in [1.82, 2.24) is 9.62 Å². The van der Waals surface area contributed by atoms with E-state index >= 15 is 0 Å². The van der Waals surface area contributed by atoms with E-state index in [2.05, 4.69) is 14.9 Å². The summed E-state index contributed by atoms with van der Waals surface area (Å²) in [6.45, 7) is 2.37. The van der Waals surface area contributed by atoms with E-state index in [4.69, 9.17) is 11.6 Å². The van der Waals surface area contributed by atoms with Gasteiger partial charge in [-0.15, -0.1) is 0 Å². The number of carbonyl (C=O) groups is 1. The molecule has 142 valence electrons. The fourth-order valence-electron chi connectivity index (χ4n) is 3.36. The number of benzene rings is 2. The Hall–Kier alpha value is -2.29. The first kappa shape index (κ1) is 18.1. The molecular formula is C18H19ClN4O3S. The van der Waals surface area contributed by atoms with Crippen LogP contribution in [0.5, 0.6) is 0 Å². The van der Waals surface area contributed by atoms with Gasteiger partial charge in [-0.25, -0.2) is 8.42 Å². The van der Waals surface area contributed by atoms with Crippen molar-refractivity contribution in [2.24, 2.45) is 0 Å². The van der Waals surface area contributed by atoms with Crippen LogP contribution in [0, 0.1) is 0 Å². The van der Waals surface area contributed by atoms with Crippen LogP contribution in [-0.4, -0.2) is 51.6 Å². The summed E-state index contributed by atoms with van der Waals surface area (Å²) in [4.78, 5) is 16.8. The van der Waals surface area contributed by atoms with Gasteiger partial charge in [-0.1, -0.05) is 23.7 Å². The third-order valence-electron chi connectivity index (χ3n) is 4.78. The Morgan fingerprint density at radius 3 is 2.37 bits per heavy atom. The monoisotopic (exact) mass is 406 g/mol. The van der Waals surface area contributed by atoms with E-state index < -0.39 is 16.2 Å². The van der Waals surface area contributed by atoms with Gasteiger partial charge >= 0.3 is 0 Å². The molecule has 1 fully saturated rings. The number of sulfonamides is 1. The number of anilines is 2. The van der Waals surface area contributed by atoms with Crippen molar-refractivity contribution in [2.45, 2.75) is 11.1 Å². The van der Waals surface area contributed by atoms with E-state index in [0.29, 0.717) is 36.9 Å². The molecule has 0 aromatic heterocycles. The Morgan fingerprint density at radius 1 is 1.00 bits per heavy atom. The van der Waals surface area contributed by atoms with Crippen LogP contribution >= 0.6 is 11.6 Å². The highest BCUT2D eigenvalue weighted by atomic mass is 35.5. The van der Waals surface area contributed by atoms with Gasteiger partial charge in [0.15, 0.2) is 6.17 Å². The lowest BCUT2D eigenvalue weighted by Gasteiger charge is -2.38. The van der Waals surface area contributed by atoms with E-state index in [0.717, 1.165) is 5.69 Å². The molecule has 2 aliphatic heterocycles. The van der Waals surface area contributed by atoms with Crippen molar-refractivity contribution in [1.29, 1.82) is 0 Å². The normalized spacial score (nSPS) is 21.3. The van der Waals surface area contributed by atoms with E-state index in [1.165, 1.54) is 6.07 Å². The second-order valence-electron chi connectivity index (χ2n) is 6.48. The number of rotatable bonds is 2. The van der Waals surface area contributed by atoms with Crippen LogP contribution in [0.2, 0.25) is 5.02 Å². The van der Waals surface area contributed by atoms with Crippen LogP contribution < -0.4 is 14.9 Å². The number of carbonyl (C=O) groups excluding carboxylic acids is 1. The summed E-state index contributed by atoms with van der Waals surface area (Å²) < 4.78 is 27.2. The molecule has 0 saturated carbocycles. The lowest BCUT2D eigenvalue weighted by molar-refractivity contribution is -0.132. The minimum Gasteiger partial charge on any atom is -0.368 e. The van der Waals surface area contributed by atoms with E-state index in [1.54, 1.807) is 23.1 Å². The third kappa shape index (κ3) is 3.60. The minimum absolute atomic E-state index is 0.154. The fourth-order valence-corrected chi connectivity index (χ4v) is 4.75. The zero-order valence-corrected chi connectivity index (χ0v) is 16.0. The molecule has 0 aliphatic carbocycles. The summed E-state index contributed by atoms with van der Waals surface area (Å²) in [6, 6.07) is 14.1. The van der Waals surface area contributed by atoms with Crippen molar-refractivity contribution < 1.29 is 13.2 Å². The van der Waals surface area contributed by atoms with Crippen LogP contribution in [0.15, 0.2) is 53.4 Å². The number of hydrogen-bond acceptors (Lipinski definition) is 5. The third-order valence-corrected chi connectivity index (χ3v) is 6.51. The predicted octanol–water partition coefficient (Wildman–Crippen LogP) is 1.72. The summed E-state index contributed by atoms with van der Waals surface area (Å²) in [5, 5.41) is 3.67. The second-order valence-corrected chi connectivity index (χ2v) is 8.60. The highest BCUT2D eigenvalue weighted by molar-refractivity contribution is 7.89. The van der Waals surface area contributed by atoms with Gasteiger partial charge in [-0.3, -0.25) is 4.79 Å². The average molecular weight is 407 g/mol. The number of piperazine rings is 1. The Balaban J connectivity index is 1.43. The highest BCUT2D eigenvalue weighted by Crippen LogP contribution is 2.26. The first-order valence-corrected chi connectivity index (χ1v) is 10.5. The standard InChI is InChI=1S/C18H19ClN4O3S/c19-13-5-7-14(8-6-13)22-9-11-23(12-10-22)18(24)17-20-15-3-1-2-4-16(15)27(25,26)21-17/h1-8,17,20-21H,9-12H2. The molecule has 0 bridgehead atoms. The number of nitrogens with one attached hydrogen (secondary N) is 2. The predicted molar refractivity (Wildman–Crippen MR) is 104 cm³/mol. The second kappa shape index (κ2) is 7.03. The summed E-state index contributed by atoms with van der Waals surface area (Å²) >= 11 is 5.93. The molecule has 1 unspecified atom stereocenters.